The number of rotatable bonds is 7. The molecule has 1 unspecified atom stereocenters. The van der Waals surface area contributed by atoms with Crippen LogP contribution in [-0.4, -0.2) is 29.9 Å². The highest BCUT2D eigenvalue weighted by Crippen LogP contribution is 2.34. The van der Waals surface area contributed by atoms with Gasteiger partial charge in [0.25, 0.3) is 0 Å². The van der Waals surface area contributed by atoms with Gasteiger partial charge >= 0.3 is 5.97 Å². The lowest BCUT2D eigenvalue weighted by Crippen LogP contribution is -2.07. The van der Waals surface area contributed by atoms with E-state index in [9.17, 15) is 9.18 Å². The van der Waals surface area contributed by atoms with Crippen LogP contribution in [0.2, 0.25) is 0 Å². The molecule has 0 N–H and O–H groups in total. The second-order valence-electron chi connectivity index (χ2n) is 8.09. The van der Waals surface area contributed by atoms with E-state index < -0.39 is 6.17 Å². The number of nitrogens with zero attached hydrogens (tertiary/aromatic N) is 1. The summed E-state index contributed by atoms with van der Waals surface area (Å²) >= 11 is 6.39. The van der Waals surface area contributed by atoms with Gasteiger partial charge < -0.3 is 14.0 Å². The Morgan fingerprint density at radius 3 is 2.53 bits per heavy atom. The van der Waals surface area contributed by atoms with Crippen LogP contribution in [0.3, 0.4) is 0 Å². The van der Waals surface area contributed by atoms with Gasteiger partial charge in [0, 0.05) is 27.6 Å². The number of hydrogen-bond acceptors (Lipinski definition) is 3. The molecule has 1 heterocycles. The van der Waals surface area contributed by atoms with E-state index in [1.165, 1.54) is 6.08 Å². The zero-order valence-electron chi connectivity index (χ0n) is 23.3. The predicted octanol–water partition coefficient (Wildman–Crippen LogP) is 9.24. The van der Waals surface area contributed by atoms with E-state index in [-0.39, 0.29) is 12.6 Å². The maximum Gasteiger partial charge on any atom is 0.338 e. The third-order valence-electron chi connectivity index (χ3n) is 5.73. The second kappa shape index (κ2) is 15.8. The Balaban J connectivity index is 0.00000121. The Labute approximate surface area is 231 Å². The van der Waals surface area contributed by atoms with Gasteiger partial charge in [0.15, 0.2) is 0 Å². The van der Waals surface area contributed by atoms with E-state index >= 15 is 0 Å². The van der Waals surface area contributed by atoms with Crippen molar-refractivity contribution in [2.45, 2.75) is 60.6 Å². The number of para-hydroxylation sites is 1. The van der Waals surface area contributed by atoms with Crippen molar-refractivity contribution in [3.8, 4) is 22.7 Å². The van der Waals surface area contributed by atoms with Gasteiger partial charge in [0.2, 0.25) is 0 Å². The van der Waals surface area contributed by atoms with Gasteiger partial charge in [-0.1, -0.05) is 69.6 Å². The normalized spacial score (nSPS) is 14.5. The fourth-order valence-electron chi connectivity index (χ4n) is 4.00. The molecule has 1 aliphatic rings. The van der Waals surface area contributed by atoms with Crippen molar-refractivity contribution in [1.29, 1.82) is 0 Å². The molecule has 6 heteroatoms. The number of halogens is 2. The van der Waals surface area contributed by atoms with Crippen LogP contribution in [0.15, 0.2) is 83.4 Å². The molecule has 0 saturated heterocycles. The van der Waals surface area contributed by atoms with Crippen LogP contribution < -0.4 is 4.74 Å². The first-order valence-corrected chi connectivity index (χ1v) is 13.7. The molecule has 0 aliphatic heterocycles. The van der Waals surface area contributed by atoms with Gasteiger partial charge in [0.05, 0.1) is 17.9 Å². The topological polar surface area (TPSA) is 40.5 Å². The van der Waals surface area contributed by atoms with E-state index in [0.29, 0.717) is 35.8 Å². The minimum absolute atomic E-state index is 0.247. The first-order valence-electron chi connectivity index (χ1n) is 13.4. The maximum atomic E-state index is 13.7. The predicted molar refractivity (Wildman–Crippen MR) is 156 cm³/mol. The molecule has 4 nitrogen and oxygen atoms in total. The Bertz CT molecular complexity index is 1250. The Morgan fingerprint density at radius 2 is 1.79 bits per heavy atom. The first kappa shape index (κ1) is 30.9. The number of hydrogen-bond donors (Lipinski definition) is 0. The Hall–Kier alpha value is -3.31. The number of ether oxygens (including phenoxy) is 2. The van der Waals surface area contributed by atoms with Gasteiger partial charge in [-0.15, -0.1) is 0 Å². The minimum Gasteiger partial charge on any atom is -0.488 e. The van der Waals surface area contributed by atoms with Crippen LogP contribution in [0.25, 0.3) is 16.9 Å². The average molecular weight is 540 g/mol. The SMILES string of the molecule is CC.CC.CCOC(=O)c1cccc(-n2c(C)ccc2-c2ccccc2OCC2=C(Cl)CCC(F)C=C2)c1. The highest BCUT2D eigenvalue weighted by Gasteiger charge is 2.17. The molecule has 2 aromatic carbocycles. The summed E-state index contributed by atoms with van der Waals surface area (Å²) in [4.78, 5) is 12.3. The molecule has 1 aromatic heterocycles. The van der Waals surface area contributed by atoms with Crippen LogP contribution in [0.4, 0.5) is 4.39 Å². The van der Waals surface area contributed by atoms with Crippen molar-refractivity contribution >= 4 is 17.6 Å². The summed E-state index contributed by atoms with van der Waals surface area (Å²) in [5, 5.41) is 0.629. The largest absolute Gasteiger partial charge is 0.488 e. The van der Waals surface area contributed by atoms with Crippen LogP contribution in [0.1, 0.15) is 63.5 Å². The number of esters is 1. The minimum atomic E-state index is -0.991. The molecule has 204 valence electrons. The lowest BCUT2D eigenvalue weighted by atomic mass is 10.1. The van der Waals surface area contributed by atoms with Crippen LogP contribution in [-0.2, 0) is 4.74 Å². The standard InChI is InChI=1S/C28H27ClFNO3.2C2H6/c1-3-33-28(32)20-7-6-8-23(17-20)31-19(2)11-16-26(31)24-9-4-5-10-27(24)34-18-21-12-13-22(30)14-15-25(21)29;2*1-2/h4-13,16-17,22H,3,14-15,18H2,1-2H3;2*1-2H3. The summed E-state index contributed by atoms with van der Waals surface area (Å²) in [6, 6.07) is 19.2. The highest BCUT2D eigenvalue weighted by molar-refractivity contribution is 6.30. The van der Waals surface area contributed by atoms with Crippen molar-refractivity contribution in [1.82, 2.24) is 4.57 Å². The highest BCUT2D eigenvalue weighted by atomic mass is 35.5. The average Bonchev–Trinajstić information content (AvgIpc) is 3.27. The third-order valence-corrected chi connectivity index (χ3v) is 6.16. The molecule has 0 saturated carbocycles. The summed E-state index contributed by atoms with van der Waals surface area (Å²) in [7, 11) is 0. The van der Waals surface area contributed by atoms with Crippen molar-refractivity contribution < 1.29 is 18.7 Å². The van der Waals surface area contributed by atoms with Crippen molar-refractivity contribution in [3.63, 3.8) is 0 Å². The van der Waals surface area contributed by atoms with E-state index in [4.69, 9.17) is 21.1 Å². The number of carbonyl (C=O) groups is 1. The zero-order chi connectivity index (χ0) is 28.1. The Morgan fingerprint density at radius 1 is 1.05 bits per heavy atom. The maximum absolute atomic E-state index is 13.7. The van der Waals surface area contributed by atoms with Gasteiger partial charge in [-0.05, 0) is 69.2 Å². The fourth-order valence-corrected chi connectivity index (χ4v) is 4.22. The molecule has 1 atom stereocenters. The molecule has 0 spiro atoms. The summed E-state index contributed by atoms with van der Waals surface area (Å²) in [5.41, 5.74) is 4.96. The summed E-state index contributed by atoms with van der Waals surface area (Å²) in [5.74, 6) is 0.339. The van der Waals surface area contributed by atoms with E-state index in [2.05, 4.69) is 4.57 Å². The summed E-state index contributed by atoms with van der Waals surface area (Å²) < 4.78 is 27.2. The second-order valence-corrected chi connectivity index (χ2v) is 8.55. The molecular weight excluding hydrogens is 501 g/mol. The molecule has 1 aliphatic carbocycles. The van der Waals surface area contributed by atoms with Crippen LogP contribution in [0.5, 0.6) is 5.75 Å². The number of allylic oxidation sites excluding steroid dienone is 2. The van der Waals surface area contributed by atoms with E-state index in [0.717, 1.165) is 28.2 Å². The van der Waals surface area contributed by atoms with Crippen molar-refractivity contribution in [2.75, 3.05) is 13.2 Å². The fraction of sp³-hybridized carbons (Fsp3) is 0.344. The van der Waals surface area contributed by atoms with Gasteiger partial charge in [-0.25, -0.2) is 9.18 Å². The third kappa shape index (κ3) is 7.84. The smallest absolute Gasteiger partial charge is 0.338 e. The molecule has 0 radical (unpaired) electrons. The lowest BCUT2D eigenvalue weighted by molar-refractivity contribution is 0.0526. The zero-order valence-corrected chi connectivity index (χ0v) is 24.0. The van der Waals surface area contributed by atoms with Crippen molar-refractivity contribution in [3.05, 3.63) is 94.7 Å². The number of aromatic nitrogens is 1. The molecule has 0 amide bonds. The lowest BCUT2D eigenvalue weighted by Gasteiger charge is -2.17. The first-order chi connectivity index (χ1) is 18.5. The molecular formula is C32H39ClFNO3. The van der Waals surface area contributed by atoms with Crippen LogP contribution in [0, 0.1) is 6.92 Å². The quantitative estimate of drug-likeness (QED) is 0.281. The molecule has 0 bridgehead atoms. The monoisotopic (exact) mass is 539 g/mol. The summed E-state index contributed by atoms with van der Waals surface area (Å²) in [6.07, 6.45) is 3.14. The summed E-state index contributed by atoms with van der Waals surface area (Å²) in [6.45, 7) is 12.4. The van der Waals surface area contributed by atoms with E-state index in [1.807, 2.05) is 89.2 Å². The van der Waals surface area contributed by atoms with E-state index in [1.54, 1.807) is 19.1 Å². The van der Waals surface area contributed by atoms with Gasteiger partial charge in [0.1, 0.15) is 18.5 Å². The van der Waals surface area contributed by atoms with Crippen LogP contribution >= 0.6 is 11.6 Å². The molecule has 4 rings (SSSR count). The van der Waals surface area contributed by atoms with Gasteiger partial charge in [-0.3, -0.25) is 0 Å². The van der Waals surface area contributed by atoms with Gasteiger partial charge in [-0.2, -0.15) is 0 Å². The molecule has 0 fully saturated rings. The molecule has 3 aromatic rings. The Kier molecular flexibility index (Phi) is 12.9. The number of benzene rings is 2. The van der Waals surface area contributed by atoms with Crippen molar-refractivity contribution in [2.24, 2.45) is 0 Å². The number of aryl methyl sites for hydroxylation is 1. The molecule has 38 heavy (non-hydrogen) atoms. The number of carbonyl (C=O) groups excluding carboxylic acids is 1. The number of alkyl halides is 1.